The molecule has 12 heteroatoms. The van der Waals surface area contributed by atoms with E-state index in [-0.39, 0.29) is 17.8 Å². The first kappa shape index (κ1) is 24.5. The predicted molar refractivity (Wildman–Crippen MR) is 120 cm³/mol. The maximum atomic E-state index is 13.8. The Morgan fingerprint density at radius 2 is 1.72 bits per heavy atom. The maximum Gasteiger partial charge on any atom is 0.416 e. The molecule has 0 saturated carbocycles. The Balaban J connectivity index is 1.76. The van der Waals surface area contributed by atoms with Gasteiger partial charge in [0.15, 0.2) is 0 Å². The number of pyridine rings is 1. The van der Waals surface area contributed by atoms with Crippen molar-refractivity contribution in [1.29, 1.82) is 0 Å². The van der Waals surface area contributed by atoms with E-state index in [0.29, 0.717) is 14.9 Å². The Bertz CT molecular complexity index is 1510. The number of carbonyl (C=O) groups is 1. The van der Waals surface area contributed by atoms with Crippen LogP contribution < -0.4 is 16.6 Å². The summed E-state index contributed by atoms with van der Waals surface area (Å²) in [5.41, 5.74) is -3.01. The lowest BCUT2D eigenvalue weighted by atomic mass is 10.1. The molecule has 2 aromatic heterocycles. The van der Waals surface area contributed by atoms with Gasteiger partial charge in [0.2, 0.25) is 5.69 Å². The molecule has 0 saturated heterocycles. The Labute approximate surface area is 200 Å². The van der Waals surface area contributed by atoms with Crippen molar-refractivity contribution in [2.75, 3.05) is 0 Å². The molecule has 1 N–H and O–H groups in total. The number of hydrogen-bond acceptors (Lipinski definition) is 5. The van der Waals surface area contributed by atoms with Crippen LogP contribution in [0, 0.1) is 5.82 Å². The topological polar surface area (TPSA) is 98.9 Å². The molecule has 36 heavy (non-hydrogen) atoms. The fourth-order valence-corrected chi connectivity index (χ4v) is 3.31. The first-order chi connectivity index (χ1) is 17.1. The number of nitrogens with zero attached hydrogens (tertiary/aromatic N) is 4. The van der Waals surface area contributed by atoms with Crippen LogP contribution in [0.25, 0.3) is 5.69 Å². The van der Waals surface area contributed by atoms with Crippen molar-refractivity contribution in [2.24, 2.45) is 0 Å². The third kappa shape index (κ3) is 5.37. The predicted octanol–water partition coefficient (Wildman–Crippen LogP) is 2.93. The van der Waals surface area contributed by atoms with E-state index in [9.17, 15) is 31.9 Å². The molecule has 0 aliphatic rings. The lowest BCUT2D eigenvalue weighted by molar-refractivity contribution is -0.137. The third-order valence-electron chi connectivity index (χ3n) is 5.11. The van der Waals surface area contributed by atoms with Gasteiger partial charge in [0.25, 0.3) is 11.5 Å². The van der Waals surface area contributed by atoms with Gasteiger partial charge in [0, 0.05) is 6.20 Å². The quantitative estimate of drug-likeness (QED) is 0.412. The van der Waals surface area contributed by atoms with Crippen LogP contribution in [0.2, 0.25) is 0 Å². The molecule has 0 aliphatic heterocycles. The van der Waals surface area contributed by atoms with Gasteiger partial charge in [0.05, 0.1) is 30.0 Å². The van der Waals surface area contributed by atoms with Crippen LogP contribution in [0.4, 0.5) is 17.6 Å². The van der Waals surface area contributed by atoms with E-state index in [1.54, 1.807) is 18.2 Å². The molecular weight excluding hydrogens is 482 g/mol. The first-order valence-electron chi connectivity index (χ1n) is 10.5. The van der Waals surface area contributed by atoms with Crippen molar-refractivity contribution < 1.29 is 22.4 Å². The van der Waals surface area contributed by atoms with E-state index in [4.69, 9.17) is 0 Å². The van der Waals surface area contributed by atoms with Crippen molar-refractivity contribution in [3.8, 4) is 5.69 Å². The van der Waals surface area contributed by atoms with Gasteiger partial charge in [-0.3, -0.25) is 19.1 Å². The minimum absolute atomic E-state index is 0.0429. The Morgan fingerprint density at radius 1 is 0.972 bits per heavy atom. The Morgan fingerprint density at radius 3 is 2.36 bits per heavy atom. The van der Waals surface area contributed by atoms with Crippen LogP contribution >= 0.6 is 0 Å². The second kappa shape index (κ2) is 9.94. The molecule has 0 aliphatic carbocycles. The number of carbonyl (C=O) groups excluding carboxylic acids is 1. The van der Waals surface area contributed by atoms with Gasteiger partial charge < -0.3 is 5.32 Å². The average molecular weight is 499 g/mol. The summed E-state index contributed by atoms with van der Waals surface area (Å²) in [5, 5.41) is 6.36. The summed E-state index contributed by atoms with van der Waals surface area (Å²) in [6, 6.07) is 13.7. The molecule has 0 bridgehead atoms. The van der Waals surface area contributed by atoms with E-state index in [2.05, 4.69) is 15.4 Å². The maximum absolute atomic E-state index is 13.8. The van der Waals surface area contributed by atoms with Crippen LogP contribution in [-0.4, -0.2) is 25.2 Å². The molecule has 4 aromatic rings. The van der Waals surface area contributed by atoms with Gasteiger partial charge in [-0.25, -0.2) is 9.18 Å². The third-order valence-corrected chi connectivity index (χ3v) is 5.11. The van der Waals surface area contributed by atoms with Crippen LogP contribution in [0.1, 0.15) is 27.3 Å². The van der Waals surface area contributed by atoms with Crippen molar-refractivity contribution in [3.63, 3.8) is 0 Å². The summed E-state index contributed by atoms with van der Waals surface area (Å²) < 4.78 is 53.8. The van der Waals surface area contributed by atoms with Crippen LogP contribution in [0.5, 0.6) is 0 Å². The van der Waals surface area contributed by atoms with Gasteiger partial charge >= 0.3 is 11.9 Å². The van der Waals surface area contributed by atoms with Gasteiger partial charge in [0.1, 0.15) is 5.82 Å². The highest BCUT2D eigenvalue weighted by atomic mass is 19.4. The Kier molecular flexibility index (Phi) is 6.77. The SMILES string of the molecule is O=C(NCc1ccccn1)c1nn(-c2cccc(F)c2)c(=O)n(Cc2ccc(C(F)(F)F)cc2)c1=O. The molecule has 0 radical (unpaired) electrons. The summed E-state index contributed by atoms with van der Waals surface area (Å²) in [4.78, 5) is 43.1. The lowest BCUT2D eigenvalue weighted by Crippen LogP contribution is -2.46. The largest absolute Gasteiger partial charge is 0.416 e. The van der Waals surface area contributed by atoms with Gasteiger partial charge in [-0.15, -0.1) is 0 Å². The number of halogens is 4. The Hall–Kier alpha value is -4.61. The highest BCUT2D eigenvalue weighted by Crippen LogP contribution is 2.29. The number of benzene rings is 2. The molecular formula is C24H17F4N5O3. The van der Waals surface area contributed by atoms with Gasteiger partial charge in [-0.2, -0.15) is 23.0 Å². The zero-order valence-electron chi connectivity index (χ0n) is 18.4. The second-order valence-corrected chi connectivity index (χ2v) is 7.61. The minimum atomic E-state index is -4.56. The smallest absolute Gasteiger partial charge is 0.345 e. The molecule has 0 fully saturated rings. The van der Waals surface area contributed by atoms with Gasteiger partial charge in [-0.1, -0.05) is 24.3 Å². The molecule has 0 spiro atoms. The summed E-state index contributed by atoms with van der Waals surface area (Å²) in [7, 11) is 0. The number of aromatic nitrogens is 4. The molecule has 8 nitrogen and oxygen atoms in total. The molecule has 0 unspecified atom stereocenters. The molecule has 2 aromatic carbocycles. The van der Waals surface area contributed by atoms with E-state index < -0.39 is 47.0 Å². The zero-order valence-corrected chi connectivity index (χ0v) is 18.4. The van der Waals surface area contributed by atoms with Crippen molar-refractivity contribution in [3.05, 3.63) is 122 Å². The molecule has 4 rings (SSSR count). The number of amides is 1. The van der Waals surface area contributed by atoms with E-state index in [1.807, 2.05) is 0 Å². The molecule has 2 heterocycles. The number of nitrogens with one attached hydrogen (secondary N) is 1. The van der Waals surface area contributed by atoms with Crippen molar-refractivity contribution >= 4 is 5.91 Å². The fraction of sp³-hybridized carbons (Fsp3) is 0.125. The van der Waals surface area contributed by atoms with E-state index >= 15 is 0 Å². The monoisotopic (exact) mass is 499 g/mol. The van der Waals surface area contributed by atoms with Crippen LogP contribution in [-0.2, 0) is 19.3 Å². The normalized spacial score (nSPS) is 11.3. The molecule has 0 atom stereocenters. The standard InChI is InChI=1S/C24H17F4N5O3/c25-17-4-3-6-19(12-17)33-23(36)32(14-15-7-9-16(10-8-15)24(26,27)28)22(35)20(31-33)21(34)30-13-18-5-1-2-11-29-18/h1-12H,13-14H2,(H,30,34). The number of alkyl halides is 3. The minimum Gasteiger partial charge on any atom is -0.345 e. The van der Waals surface area contributed by atoms with Gasteiger partial charge in [-0.05, 0) is 48.0 Å². The highest BCUT2D eigenvalue weighted by molar-refractivity contribution is 5.91. The van der Waals surface area contributed by atoms with Crippen LogP contribution in [0.3, 0.4) is 0 Å². The number of hydrogen-bond donors (Lipinski definition) is 1. The second-order valence-electron chi connectivity index (χ2n) is 7.61. The summed E-state index contributed by atoms with van der Waals surface area (Å²) in [6.45, 7) is -0.493. The van der Waals surface area contributed by atoms with E-state index in [1.165, 1.54) is 18.3 Å². The number of rotatable bonds is 6. The summed E-state index contributed by atoms with van der Waals surface area (Å²) >= 11 is 0. The molecule has 1 amide bonds. The van der Waals surface area contributed by atoms with Crippen molar-refractivity contribution in [2.45, 2.75) is 19.3 Å². The summed E-state index contributed by atoms with van der Waals surface area (Å²) in [5.74, 6) is -1.61. The van der Waals surface area contributed by atoms with Crippen LogP contribution in [0.15, 0.2) is 82.5 Å². The van der Waals surface area contributed by atoms with E-state index in [0.717, 1.165) is 36.4 Å². The zero-order chi connectivity index (χ0) is 25.9. The molecule has 184 valence electrons. The average Bonchev–Trinajstić information content (AvgIpc) is 2.85. The highest BCUT2D eigenvalue weighted by Gasteiger charge is 2.30. The van der Waals surface area contributed by atoms with Crippen molar-refractivity contribution in [1.82, 2.24) is 24.6 Å². The summed E-state index contributed by atoms with van der Waals surface area (Å²) in [6.07, 6.45) is -3.05. The fourth-order valence-electron chi connectivity index (χ4n) is 3.31. The first-order valence-corrected chi connectivity index (χ1v) is 10.5. The lowest BCUT2D eigenvalue weighted by Gasteiger charge is -2.13.